The van der Waals surface area contributed by atoms with E-state index < -0.39 is 0 Å². The molecular weight excluding hydrogens is 318 g/mol. The van der Waals surface area contributed by atoms with E-state index >= 15 is 0 Å². The van der Waals surface area contributed by atoms with E-state index in [0.717, 1.165) is 5.56 Å². The van der Waals surface area contributed by atoms with Crippen LogP contribution >= 0.6 is 0 Å². The highest BCUT2D eigenvalue weighted by Crippen LogP contribution is 2.13. The minimum Gasteiger partial charge on any atom is -0.396 e. The molecule has 1 heterocycles. The third-order valence-corrected chi connectivity index (χ3v) is 3.59. The molecule has 0 spiro atoms. The summed E-state index contributed by atoms with van der Waals surface area (Å²) < 4.78 is 0. The van der Waals surface area contributed by atoms with E-state index in [2.05, 4.69) is 25.9 Å². The Morgan fingerprint density at radius 2 is 2.00 bits per heavy atom. The second kappa shape index (κ2) is 10.0. The molecule has 1 atom stereocenters. The Labute approximate surface area is 147 Å². The Kier molecular flexibility index (Phi) is 7.40. The lowest BCUT2D eigenvalue weighted by Crippen LogP contribution is -2.43. The van der Waals surface area contributed by atoms with Crippen LogP contribution in [0.4, 0.5) is 5.69 Å². The fraction of sp³-hybridized carbons (Fsp3) is 0.278. The van der Waals surface area contributed by atoms with Gasteiger partial charge < -0.3 is 21.1 Å². The maximum atomic E-state index is 11.9. The highest BCUT2D eigenvalue weighted by Gasteiger charge is 2.11. The summed E-state index contributed by atoms with van der Waals surface area (Å²) in [6, 6.07) is 13.3. The fourth-order valence-corrected chi connectivity index (χ4v) is 2.26. The second-order valence-corrected chi connectivity index (χ2v) is 5.39. The topological polar surface area (TPSA) is 98.6 Å². The summed E-state index contributed by atoms with van der Waals surface area (Å²) in [7, 11) is 1.63. The number of carbonyl (C=O) groups is 1. The van der Waals surface area contributed by atoms with Crippen LogP contribution in [-0.4, -0.2) is 48.7 Å². The molecule has 4 N–H and O–H groups in total. The van der Waals surface area contributed by atoms with Gasteiger partial charge in [-0.3, -0.25) is 14.8 Å². The Bertz CT molecular complexity index is 676. The standard InChI is InChI=1S/C18H23N5O2/c1-19-18(21-10-15(13-24)14-6-3-2-4-7-14)22-12-17(25)23-16-8-5-9-20-11-16/h2-9,11,15,24H,10,12-13H2,1H3,(H,23,25)(H2,19,21,22). The van der Waals surface area contributed by atoms with E-state index in [4.69, 9.17) is 0 Å². The van der Waals surface area contributed by atoms with Crippen LogP contribution in [0.2, 0.25) is 0 Å². The first kappa shape index (κ1) is 18.4. The average molecular weight is 341 g/mol. The van der Waals surface area contributed by atoms with Gasteiger partial charge in [-0.25, -0.2) is 0 Å². The molecule has 7 nitrogen and oxygen atoms in total. The van der Waals surface area contributed by atoms with Gasteiger partial charge in [-0.2, -0.15) is 0 Å². The molecule has 2 rings (SSSR count). The summed E-state index contributed by atoms with van der Waals surface area (Å²) in [4.78, 5) is 20.0. The maximum Gasteiger partial charge on any atom is 0.243 e. The third kappa shape index (κ3) is 6.23. The Morgan fingerprint density at radius 1 is 1.20 bits per heavy atom. The molecule has 0 bridgehead atoms. The zero-order chi connectivity index (χ0) is 17.9. The zero-order valence-corrected chi connectivity index (χ0v) is 14.1. The fourth-order valence-electron chi connectivity index (χ4n) is 2.26. The molecule has 25 heavy (non-hydrogen) atoms. The molecule has 1 unspecified atom stereocenters. The maximum absolute atomic E-state index is 11.9. The highest BCUT2D eigenvalue weighted by molar-refractivity contribution is 5.94. The first-order valence-corrected chi connectivity index (χ1v) is 8.03. The van der Waals surface area contributed by atoms with Crippen molar-refractivity contribution in [1.29, 1.82) is 0 Å². The number of benzene rings is 1. The molecule has 2 aromatic rings. The lowest BCUT2D eigenvalue weighted by Gasteiger charge is -2.18. The molecule has 0 saturated heterocycles. The number of aromatic nitrogens is 1. The number of carbonyl (C=O) groups excluding carboxylic acids is 1. The third-order valence-electron chi connectivity index (χ3n) is 3.59. The summed E-state index contributed by atoms with van der Waals surface area (Å²) in [5.41, 5.74) is 1.68. The van der Waals surface area contributed by atoms with E-state index in [1.165, 1.54) is 0 Å². The first-order chi connectivity index (χ1) is 12.2. The van der Waals surface area contributed by atoms with Gasteiger partial charge in [0.1, 0.15) is 0 Å². The Balaban J connectivity index is 1.79. The van der Waals surface area contributed by atoms with Crippen molar-refractivity contribution in [2.24, 2.45) is 4.99 Å². The molecule has 0 aliphatic heterocycles. The van der Waals surface area contributed by atoms with Crippen molar-refractivity contribution in [3.8, 4) is 0 Å². The Hall–Kier alpha value is -2.93. The van der Waals surface area contributed by atoms with E-state index in [-0.39, 0.29) is 25.0 Å². The molecule has 0 radical (unpaired) electrons. The van der Waals surface area contributed by atoms with Crippen molar-refractivity contribution in [3.63, 3.8) is 0 Å². The lowest BCUT2D eigenvalue weighted by atomic mass is 10.0. The zero-order valence-electron chi connectivity index (χ0n) is 14.1. The van der Waals surface area contributed by atoms with Gasteiger partial charge in [-0.1, -0.05) is 30.3 Å². The van der Waals surface area contributed by atoms with Crippen molar-refractivity contribution < 1.29 is 9.90 Å². The molecule has 1 aromatic heterocycles. The number of anilines is 1. The highest BCUT2D eigenvalue weighted by atomic mass is 16.3. The summed E-state index contributed by atoms with van der Waals surface area (Å²) in [6.07, 6.45) is 3.22. The minimum absolute atomic E-state index is 0.0233. The van der Waals surface area contributed by atoms with Crippen molar-refractivity contribution >= 4 is 17.6 Å². The van der Waals surface area contributed by atoms with Gasteiger partial charge in [0, 0.05) is 25.7 Å². The molecule has 0 fully saturated rings. The van der Waals surface area contributed by atoms with Gasteiger partial charge >= 0.3 is 0 Å². The number of nitrogens with zero attached hydrogens (tertiary/aromatic N) is 2. The van der Waals surface area contributed by atoms with Crippen LogP contribution in [0.1, 0.15) is 11.5 Å². The normalized spacial score (nSPS) is 12.3. The van der Waals surface area contributed by atoms with Crippen molar-refractivity contribution in [1.82, 2.24) is 15.6 Å². The van der Waals surface area contributed by atoms with E-state index in [1.807, 2.05) is 30.3 Å². The van der Waals surface area contributed by atoms with Gasteiger partial charge in [0.25, 0.3) is 0 Å². The quantitative estimate of drug-likeness (QED) is 0.444. The lowest BCUT2D eigenvalue weighted by molar-refractivity contribution is -0.115. The second-order valence-electron chi connectivity index (χ2n) is 5.39. The molecule has 1 amide bonds. The summed E-state index contributed by atoms with van der Waals surface area (Å²) in [5.74, 6) is 0.248. The molecule has 132 valence electrons. The smallest absolute Gasteiger partial charge is 0.243 e. The monoisotopic (exact) mass is 341 g/mol. The number of hydrogen-bond acceptors (Lipinski definition) is 4. The van der Waals surface area contributed by atoms with Crippen molar-refractivity contribution in [2.45, 2.75) is 5.92 Å². The number of rotatable bonds is 7. The van der Waals surface area contributed by atoms with Gasteiger partial charge in [-0.15, -0.1) is 0 Å². The number of aliphatic hydroxyl groups excluding tert-OH is 1. The Morgan fingerprint density at radius 3 is 2.64 bits per heavy atom. The number of aliphatic imine (C=N–C) groups is 1. The average Bonchev–Trinajstić information content (AvgIpc) is 2.66. The van der Waals surface area contributed by atoms with Crippen LogP contribution in [0.15, 0.2) is 59.9 Å². The number of nitrogens with one attached hydrogen (secondary N) is 3. The van der Waals surface area contributed by atoms with Gasteiger partial charge in [0.2, 0.25) is 5.91 Å². The molecule has 1 aromatic carbocycles. The molecular formula is C18H23N5O2. The molecule has 0 aliphatic rings. The SMILES string of the molecule is CN=C(NCC(=O)Nc1cccnc1)NCC(CO)c1ccccc1. The largest absolute Gasteiger partial charge is 0.396 e. The summed E-state index contributed by atoms with van der Waals surface area (Å²) >= 11 is 0. The van der Waals surface area contributed by atoms with Crippen LogP contribution in [0, 0.1) is 0 Å². The van der Waals surface area contributed by atoms with E-state index in [1.54, 1.807) is 31.6 Å². The van der Waals surface area contributed by atoms with Gasteiger partial charge in [0.05, 0.1) is 25.0 Å². The van der Waals surface area contributed by atoms with Crippen molar-refractivity contribution in [2.75, 3.05) is 32.1 Å². The van der Waals surface area contributed by atoms with Crippen LogP contribution in [0.5, 0.6) is 0 Å². The number of pyridine rings is 1. The predicted octanol–water partition coefficient (Wildman–Crippen LogP) is 0.961. The molecule has 0 aliphatic carbocycles. The summed E-state index contributed by atoms with van der Waals surface area (Å²) in [5, 5.41) is 18.4. The van der Waals surface area contributed by atoms with Gasteiger partial charge in [-0.05, 0) is 17.7 Å². The number of hydrogen-bond donors (Lipinski definition) is 4. The van der Waals surface area contributed by atoms with E-state index in [0.29, 0.717) is 18.2 Å². The molecule has 7 heteroatoms. The van der Waals surface area contributed by atoms with Crippen LogP contribution < -0.4 is 16.0 Å². The number of guanidine groups is 1. The number of aliphatic hydroxyl groups is 1. The van der Waals surface area contributed by atoms with Crippen molar-refractivity contribution in [3.05, 3.63) is 60.4 Å². The van der Waals surface area contributed by atoms with Crippen LogP contribution in [0.3, 0.4) is 0 Å². The summed E-state index contributed by atoms with van der Waals surface area (Å²) in [6.45, 7) is 0.601. The van der Waals surface area contributed by atoms with E-state index in [9.17, 15) is 9.90 Å². The van der Waals surface area contributed by atoms with Crippen LogP contribution in [0.25, 0.3) is 0 Å². The van der Waals surface area contributed by atoms with Gasteiger partial charge in [0.15, 0.2) is 5.96 Å². The minimum atomic E-state index is -0.197. The predicted molar refractivity (Wildman–Crippen MR) is 98.5 cm³/mol. The van der Waals surface area contributed by atoms with Crippen LogP contribution in [-0.2, 0) is 4.79 Å². The molecule has 0 saturated carbocycles. The first-order valence-electron chi connectivity index (χ1n) is 8.03. The number of amides is 1.